The van der Waals surface area contributed by atoms with E-state index < -0.39 is 6.09 Å². The summed E-state index contributed by atoms with van der Waals surface area (Å²) in [7, 11) is 0. The van der Waals surface area contributed by atoms with E-state index in [0.29, 0.717) is 24.4 Å². The molecule has 1 aliphatic heterocycles. The summed E-state index contributed by atoms with van der Waals surface area (Å²) in [5.41, 5.74) is 2.89. The third kappa shape index (κ3) is 5.76. The van der Waals surface area contributed by atoms with E-state index in [2.05, 4.69) is 42.8 Å². The number of halogens is 1. The zero-order valence-corrected chi connectivity index (χ0v) is 19.1. The van der Waals surface area contributed by atoms with Gasteiger partial charge in [0, 0.05) is 39.7 Å². The first kappa shape index (κ1) is 21.6. The lowest BCUT2D eigenvalue weighted by atomic mass is 9.89. The van der Waals surface area contributed by atoms with Gasteiger partial charge in [-0.05, 0) is 78.9 Å². The standard InChI is InChI=1S/C23H23IN4O3/c24-18-3-1-16(2-4-18)22(29)17-7-11-28(12-8-17)13-14-31-23(30)27-19-5-6-20-21(15-19)26-10-9-25-20/h1-6,9-10,15,17H,7-8,11-14H2,(H,27,30). The number of carbonyl (C=O) groups is 2. The third-order valence-corrected chi connectivity index (χ3v) is 6.16. The van der Waals surface area contributed by atoms with Crippen LogP contribution in [0.1, 0.15) is 23.2 Å². The van der Waals surface area contributed by atoms with Crippen LogP contribution in [0.5, 0.6) is 0 Å². The Morgan fingerprint density at radius 2 is 1.74 bits per heavy atom. The Morgan fingerprint density at radius 1 is 1.03 bits per heavy atom. The van der Waals surface area contributed by atoms with Crippen molar-refractivity contribution in [3.8, 4) is 0 Å². The first-order valence-corrected chi connectivity index (χ1v) is 11.3. The summed E-state index contributed by atoms with van der Waals surface area (Å²) in [5, 5.41) is 2.72. The zero-order chi connectivity index (χ0) is 21.6. The van der Waals surface area contributed by atoms with Gasteiger partial charge in [0.15, 0.2) is 5.78 Å². The molecule has 31 heavy (non-hydrogen) atoms. The van der Waals surface area contributed by atoms with Gasteiger partial charge in [0.05, 0.1) is 11.0 Å². The molecule has 1 saturated heterocycles. The molecule has 1 N–H and O–H groups in total. The van der Waals surface area contributed by atoms with E-state index in [-0.39, 0.29) is 11.7 Å². The van der Waals surface area contributed by atoms with Gasteiger partial charge in [0.25, 0.3) is 0 Å². The van der Waals surface area contributed by atoms with E-state index in [1.54, 1.807) is 30.6 Å². The number of benzene rings is 2. The molecule has 160 valence electrons. The van der Waals surface area contributed by atoms with Crippen LogP contribution in [-0.4, -0.2) is 53.0 Å². The summed E-state index contributed by atoms with van der Waals surface area (Å²) in [6.45, 7) is 2.61. The van der Waals surface area contributed by atoms with Crippen molar-refractivity contribution in [1.82, 2.24) is 14.9 Å². The van der Waals surface area contributed by atoms with Crippen molar-refractivity contribution < 1.29 is 14.3 Å². The van der Waals surface area contributed by atoms with Gasteiger partial charge in [-0.1, -0.05) is 12.1 Å². The van der Waals surface area contributed by atoms with Crippen molar-refractivity contribution in [2.75, 3.05) is 31.6 Å². The molecule has 0 saturated carbocycles. The molecule has 1 aliphatic rings. The molecule has 1 amide bonds. The van der Waals surface area contributed by atoms with Crippen molar-refractivity contribution in [3.05, 3.63) is 64.0 Å². The number of ether oxygens (including phenoxy) is 1. The normalized spacial score (nSPS) is 15.0. The number of nitrogens with one attached hydrogen (secondary N) is 1. The van der Waals surface area contributed by atoms with Crippen LogP contribution in [0.2, 0.25) is 0 Å². The van der Waals surface area contributed by atoms with Crippen LogP contribution >= 0.6 is 22.6 Å². The van der Waals surface area contributed by atoms with Gasteiger partial charge < -0.3 is 4.74 Å². The van der Waals surface area contributed by atoms with E-state index in [1.807, 2.05) is 24.3 Å². The van der Waals surface area contributed by atoms with E-state index in [4.69, 9.17) is 4.74 Å². The van der Waals surface area contributed by atoms with Gasteiger partial charge in [-0.3, -0.25) is 25.0 Å². The van der Waals surface area contributed by atoms with Gasteiger partial charge in [0.1, 0.15) is 6.61 Å². The number of piperidine rings is 1. The summed E-state index contributed by atoms with van der Waals surface area (Å²) >= 11 is 2.24. The zero-order valence-electron chi connectivity index (χ0n) is 17.0. The molecule has 1 fully saturated rings. The van der Waals surface area contributed by atoms with E-state index in [1.165, 1.54) is 0 Å². The second kappa shape index (κ2) is 10.1. The Bertz CT molecular complexity index is 1070. The minimum Gasteiger partial charge on any atom is -0.448 e. The van der Waals surface area contributed by atoms with Gasteiger partial charge in [0.2, 0.25) is 0 Å². The van der Waals surface area contributed by atoms with E-state index >= 15 is 0 Å². The highest BCUT2D eigenvalue weighted by atomic mass is 127. The summed E-state index contributed by atoms with van der Waals surface area (Å²) in [4.78, 5) is 35.4. The van der Waals surface area contributed by atoms with Crippen LogP contribution in [0.3, 0.4) is 0 Å². The van der Waals surface area contributed by atoms with Crippen molar-refractivity contribution in [1.29, 1.82) is 0 Å². The smallest absolute Gasteiger partial charge is 0.411 e. The number of ketones is 1. The molecule has 0 unspecified atom stereocenters. The first-order chi connectivity index (χ1) is 15.1. The molecule has 0 atom stereocenters. The second-order valence-corrected chi connectivity index (χ2v) is 8.75. The molecule has 0 aliphatic carbocycles. The number of amides is 1. The van der Waals surface area contributed by atoms with Gasteiger partial charge in [-0.25, -0.2) is 4.79 Å². The number of Topliss-reactive ketones (excluding diaryl/α,β-unsaturated/α-hetero) is 1. The number of fused-ring (bicyclic) bond motifs is 1. The van der Waals surface area contributed by atoms with Crippen molar-refractivity contribution in [2.45, 2.75) is 12.8 Å². The molecule has 0 bridgehead atoms. The number of hydrogen-bond acceptors (Lipinski definition) is 6. The van der Waals surface area contributed by atoms with E-state index in [9.17, 15) is 9.59 Å². The maximum atomic E-state index is 12.7. The molecule has 7 nitrogen and oxygen atoms in total. The van der Waals surface area contributed by atoms with Gasteiger partial charge in [-0.15, -0.1) is 0 Å². The fraction of sp³-hybridized carbons (Fsp3) is 0.304. The molecular weight excluding hydrogens is 507 g/mol. The Balaban J connectivity index is 1.18. The molecular formula is C23H23IN4O3. The quantitative estimate of drug-likeness (QED) is 0.376. The topological polar surface area (TPSA) is 84.4 Å². The fourth-order valence-electron chi connectivity index (χ4n) is 3.73. The second-order valence-electron chi connectivity index (χ2n) is 7.51. The van der Waals surface area contributed by atoms with Crippen molar-refractivity contribution >= 4 is 51.2 Å². The molecule has 0 spiro atoms. The number of nitrogens with zero attached hydrogens (tertiary/aromatic N) is 3. The summed E-state index contributed by atoms with van der Waals surface area (Å²) in [6, 6.07) is 13.1. The number of anilines is 1. The Kier molecular flexibility index (Phi) is 7.08. The largest absolute Gasteiger partial charge is 0.448 e. The minimum atomic E-state index is -0.494. The maximum Gasteiger partial charge on any atom is 0.411 e. The number of hydrogen-bond donors (Lipinski definition) is 1. The fourth-order valence-corrected chi connectivity index (χ4v) is 4.09. The summed E-state index contributed by atoms with van der Waals surface area (Å²) < 4.78 is 6.45. The van der Waals surface area contributed by atoms with Crippen molar-refractivity contribution in [2.24, 2.45) is 5.92 Å². The number of aromatic nitrogens is 2. The summed E-state index contributed by atoms with van der Waals surface area (Å²) in [5.74, 6) is 0.295. The average Bonchev–Trinajstić information content (AvgIpc) is 2.79. The van der Waals surface area contributed by atoms with E-state index in [0.717, 1.165) is 40.6 Å². The minimum absolute atomic E-state index is 0.0662. The van der Waals surface area contributed by atoms with Gasteiger partial charge >= 0.3 is 6.09 Å². The average molecular weight is 530 g/mol. The third-order valence-electron chi connectivity index (χ3n) is 5.44. The number of likely N-dealkylation sites (tertiary alicyclic amines) is 1. The molecule has 3 aromatic rings. The Labute approximate surface area is 194 Å². The highest BCUT2D eigenvalue weighted by molar-refractivity contribution is 14.1. The van der Waals surface area contributed by atoms with Crippen LogP contribution in [-0.2, 0) is 4.74 Å². The molecule has 0 radical (unpaired) electrons. The van der Waals surface area contributed by atoms with Crippen LogP contribution in [0, 0.1) is 9.49 Å². The molecule has 1 aromatic heterocycles. The lowest BCUT2D eigenvalue weighted by Gasteiger charge is -2.31. The maximum absolute atomic E-state index is 12.7. The van der Waals surface area contributed by atoms with Crippen molar-refractivity contribution in [3.63, 3.8) is 0 Å². The van der Waals surface area contributed by atoms with Crippen LogP contribution in [0.25, 0.3) is 11.0 Å². The Hall–Kier alpha value is -2.59. The highest BCUT2D eigenvalue weighted by Crippen LogP contribution is 2.22. The first-order valence-electron chi connectivity index (χ1n) is 10.3. The van der Waals surface area contributed by atoms with Crippen LogP contribution < -0.4 is 5.32 Å². The summed E-state index contributed by atoms with van der Waals surface area (Å²) in [6.07, 6.45) is 4.41. The number of carbonyl (C=O) groups excluding carboxylic acids is 2. The predicted octanol–water partition coefficient (Wildman–Crippen LogP) is 4.38. The molecule has 2 aromatic carbocycles. The highest BCUT2D eigenvalue weighted by Gasteiger charge is 2.25. The van der Waals surface area contributed by atoms with Crippen LogP contribution in [0.15, 0.2) is 54.9 Å². The Morgan fingerprint density at radius 3 is 2.48 bits per heavy atom. The van der Waals surface area contributed by atoms with Gasteiger partial charge in [-0.2, -0.15) is 0 Å². The number of rotatable bonds is 6. The monoisotopic (exact) mass is 530 g/mol. The van der Waals surface area contributed by atoms with Crippen LogP contribution in [0.4, 0.5) is 10.5 Å². The molecule has 4 rings (SSSR count). The molecule has 8 heteroatoms. The SMILES string of the molecule is O=C(Nc1ccc2nccnc2c1)OCCN1CCC(C(=O)c2ccc(I)cc2)CC1. The lowest BCUT2D eigenvalue weighted by molar-refractivity contribution is 0.0813. The lowest BCUT2D eigenvalue weighted by Crippen LogP contribution is -2.38. The molecule has 2 heterocycles. The predicted molar refractivity (Wildman–Crippen MR) is 127 cm³/mol.